The zero-order valence-electron chi connectivity index (χ0n) is 13.2. The molecule has 1 heterocycles. The highest BCUT2D eigenvalue weighted by Gasteiger charge is 2.16. The van der Waals surface area contributed by atoms with E-state index in [0.717, 1.165) is 0 Å². The van der Waals surface area contributed by atoms with Gasteiger partial charge in [-0.2, -0.15) is 0 Å². The van der Waals surface area contributed by atoms with Crippen LogP contribution in [0.15, 0.2) is 36.4 Å². The molecule has 134 valence electrons. The quantitative estimate of drug-likeness (QED) is 0.469. The number of non-ortho nitro benzene ring substituents is 1. The molecule has 1 amide bonds. The number of anilines is 1. The Morgan fingerprint density at radius 2 is 1.88 bits per heavy atom. The standard InChI is InChI=1S/C16H12ClN3O5S/c17-11-3-2-10(20(22)23)8-12(11)18-16(26)19-15(21)9-1-4-13-14(7-9)25-6-5-24-13/h1-4,7-8H,5-6H2,(H2,18,19,21,26). The number of rotatable bonds is 3. The lowest BCUT2D eigenvalue weighted by Crippen LogP contribution is -2.34. The van der Waals surface area contributed by atoms with Crippen LogP contribution in [0.1, 0.15) is 10.4 Å². The van der Waals surface area contributed by atoms with Crippen molar-refractivity contribution >= 4 is 46.2 Å². The van der Waals surface area contributed by atoms with Gasteiger partial charge >= 0.3 is 0 Å². The molecule has 0 saturated heterocycles. The predicted molar refractivity (Wildman–Crippen MR) is 99.2 cm³/mol. The van der Waals surface area contributed by atoms with Crippen LogP contribution in [0, 0.1) is 10.1 Å². The van der Waals surface area contributed by atoms with E-state index in [1.54, 1.807) is 18.2 Å². The maximum absolute atomic E-state index is 12.3. The summed E-state index contributed by atoms with van der Waals surface area (Å²) in [6.45, 7) is 0.861. The smallest absolute Gasteiger partial charge is 0.271 e. The molecule has 2 aromatic carbocycles. The van der Waals surface area contributed by atoms with E-state index < -0.39 is 10.8 Å². The van der Waals surface area contributed by atoms with Gasteiger partial charge in [-0.1, -0.05) is 11.6 Å². The van der Waals surface area contributed by atoms with Gasteiger partial charge in [-0.15, -0.1) is 0 Å². The van der Waals surface area contributed by atoms with Crippen LogP contribution in [0.2, 0.25) is 5.02 Å². The fraction of sp³-hybridized carbons (Fsp3) is 0.125. The summed E-state index contributed by atoms with van der Waals surface area (Å²) in [6.07, 6.45) is 0. The fourth-order valence-electron chi connectivity index (χ4n) is 2.24. The average molecular weight is 394 g/mol. The van der Waals surface area contributed by atoms with Crippen molar-refractivity contribution in [1.29, 1.82) is 0 Å². The molecule has 1 aliphatic heterocycles. The monoisotopic (exact) mass is 393 g/mol. The van der Waals surface area contributed by atoms with Crippen molar-refractivity contribution in [2.75, 3.05) is 18.5 Å². The molecule has 0 aliphatic carbocycles. The Labute approximate surface area is 158 Å². The van der Waals surface area contributed by atoms with Gasteiger partial charge in [0.25, 0.3) is 11.6 Å². The van der Waals surface area contributed by atoms with Crippen LogP contribution >= 0.6 is 23.8 Å². The van der Waals surface area contributed by atoms with Crippen LogP contribution in [0.3, 0.4) is 0 Å². The van der Waals surface area contributed by atoms with Crippen LogP contribution in [0.5, 0.6) is 11.5 Å². The van der Waals surface area contributed by atoms with Gasteiger partial charge in [0.2, 0.25) is 0 Å². The number of hydrogen-bond acceptors (Lipinski definition) is 6. The number of nitrogens with one attached hydrogen (secondary N) is 2. The minimum Gasteiger partial charge on any atom is -0.486 e. The van der Waals surface area contributed by atoms with Crippen LogP contribution < -0.4 is 20.1 Å². The lowest BCUT2D eigenvalue weighted by Gasteiger charge is -2.18. The van der Waals surface area contributed by atoms with Crippen LogP contribution in [0.25, 0.3) is 0 Å². The molecule has 8 nitrogen and oxygen atoms in total. The molecular weight excluding hydrogens is 382 g/mol. The molecule has 3 rings (SSSR count). The summed E-state index contributed by atoms with van der Waals surface area (Å²) >= 11 is 11.1. The molecule has 2 aromatic rings. The van der Waals surface area contributed by atoms with E-state index >= 15 is 0 Å². The molecule has 0 spiro atoms. The number of hydrogen-bond donors (Lipinski definition) is 2. The summed E-state index contributed by atoms with van der Waals surface area (Å²) in [5.41, 5.74) is 0.384. The maximum atomic E-state index is 12.3. The molecule has 0 bridgehead atoms. The second-order valence-electron chi connectivity index (χ2n) is 5.19. The Hall–Kier alpha value is -2.91. The van der Waals surface area contributed by atoms with E-state index in [9.17, 15) is 14.9 Å². The first-order valence-corrected chi connectivity index (χ1v) is 8.18. The molecule has 0 unspecified atom stereocenters. The van der Waals surface area contributed by atoms with Crippen LogP contribution in [-0.2, 0) is 0 Å². The first kappa shape index (κ1) is 17.9. The zero-order valence-corrected chi connectivity index (χ0v) is 14.7. The lowest BCUT2D eigenvalue weighted by atomic mass is 10.2. The van der Waals surface area contributed by atoms with Crippen molar-refractivity contribution < 1.29 is 19.2 Å². The van der Waals surface area contributed by atoms with E-state index in [-0.39, 0.29) is 21.5 Å². The van der Waals surface area contributed by atoms with Gasteiger partial charge in [-0.05, 0) is 36.5 Å². The van der Waals surface area contributed by atoms with Gasteiger partial charge in [0, 0.05) is 17.7 Å². The minimum absolute atomic E-state index is 0.0488. The lowest BCUT2D eigenvalue weighted by molar-refractivity contribution is -0.384. The minimum atomic E-state index is -0.557. The number of fused-ring (bicyclic) bond motifs is 1. The Balaban J connectivity index is 1.69. The van der Waals surface area contributed by atoms with Gasteiger partial charge in [0.1, 0.15) is 13.2 Å². The SMILES string of the molecule is O=C(NC(=S)Nc1cc([N+](=O)[O-])ccc1Cl)c1ccc2c(c1)OCCO2. The number of benzene rings is 2. The van der Waals surface area contributed by atoms with E-state index in [1.165, 1.54) is 18.2 Å². The van der Waals surface area contributed by atoms with Gasteiger partial charge in [0.05, 0.1) is 15.6 Å². The normalized spacial score (nSPS) is 12.2. The number of ether oxygens (including phenoxy) is 2. The summed E-state index contributed by atoms with van der Waals surface area (Å²) < 4.78 is 10.8. The summed E-state index contributed by atoms with van der Waals surface area (Å²) in [6, 6.07) is 8.62. The van der Waals surface area contributed by atoms with Crippen molar-refractivity contribution in [1.82, 2.24) is 5.32 Å². The number of carbonyl (C=O) groups is 1. The van der Waals surface area contributed by atoms with Crippen molar-refractivity contribution in [3.8, 4) is 11.5 Å². The van der Waals surface area contributed by atoms with Gasteiger partial charge in [-0.3, -0.25) is 20.2 Å². The third-order valence-corrected chi connectivity index (χ3v) is 3.97. The Morgan fingerprint density at radius 1 is 1.15 bits per heavy atom. The topological polar surface area (TPSA) is 103 Å². The summed E-state index contributed by atoms with van der Waals surface area (Å²) in [5, 5.41) is 16.2. The number of amides is 1. The molecule has 0 fully saturated rings. The summed E-state index contributed by atoms with van der Waals surface area (Å²) in [4.78, 5) is 22.6. The number of carbonyl (C=O) groups excluding carboxylic acids is 1. The number of nitro groups is 1. The van der Waals surface area contributed by atoms with Crippen LogP contribution in [-0.4, -0.2) is 29.2 Å². The summed E-state index contributed by atoms with van der Waals surface area (Å²) in [5.74, 6) is 0.572. The van der Waals surface area contributed by atoms with E-state index in [1.807, 2.05) is 0 Å². The largest absolute Gasteiger partial charge is 0.486 e. The van der Waals surface area contributed by atoms with E-state index in [4.69, 9.17) is 33.3 Å². The molecule has 0 radical (unpaired) electrons. The average Bonchev–Trinajstić information content (AvgIpc) is 2.62. The number of nitrogens with zero attached hydrogens (tertiary/aromatic N) is 1. The van der Waals surface area contributed by atoms with Gasteiger partial charge in [-0.25, -0.2) is 0 Å². The molecular formula is C16H12ClN3O5S. The molecule has 26 heavy (non-hydrogen) atoms. The highest BCUT2D eigenvalue weighted by molar-refractivity contribution is 7.80. The Morgan fingerprint density at radius 3 is 2.62 bits per heavy atom. The number of halogens is 1. The predicted octanol–water partition coefficient (Wildman–Crippen LogP) is 3.15. The van der Waals surface area contributed by atoms with Crippen molar-refractivity contribution in [3.05, 3.63) is 57.1 Å². The fourth-order valence-corrected chi connectivity index (χ4v) is 2.60. The maximum Gasteiger partial charge on any atom is 0.271 e. The zero-order chi connectivity index (χ0) is 18.7. The Bertz CT molecular complexity index is 905. The highest BCUT2D eigenvalue weighted by atomic mass is 35.5. The van der Waals surface area contributed by atoms with E-state index in [0.29, 0.717) is 30.3 Å². The van der Waals surface area contributed by atoms with E-state index in [2.05, 4.69) is 10.6 Å². The second kappa shape index (κ2) is 7.54. The molecule has 2 N–H and O–H groups in total. The molecule has 0 aromatic heterocycles. The molecule has 0 saturated carbocycles. The van der Waals surface area contributed by atoms with Gasteiger partial charge in [0.15, 0.2) is 16.6 Å². The first-order chi connectivity index (χ1) is 12.4. The van der Waals surface area contributed by atoms with Crippen molar-refractivity contribution in [3.63, 3.8) is 0 Å². The highest BCUT2D eigenvalue weighted by Crippen LogP contribution is 2.31. The first-order valence-electron chi connectivity index (χ1n) is 7.40. The van der Waals surface area contributed by atoms with Crippen LogP contribution in [0.4, 0.5) is 11.4 Å². The second-order valence-corrected chi connectivity index (χ2v) is 6.00. The number of nitro benzene ring substituents is 1. The Kier molecular flexibility index (Phi) is 5.19. The molecule has 1 aliphatic rings. The van der Waals surface area contributed by atoms with Gasteiger partial charge < -0.3 is 14.8 Å². The third-order valence-electron chi connectivity index (χ3n) is 3.44. The van der Waals surface area contributed by atoms with Crippen molar-refractivity contribution in [2.45, 2.75) is 0 Å². The van der Waals surface area contributed by atoms with Crippen molar-refractivity contribution in [2.24, 2.45) is 0 Å². The molecule has 10 heteroatoms. The number of thiocarbonyl (C=S) groups is 1. The summed E-state index contributed by atoms with van der Waals surface area (Å²) in [7, 11) is 0. The third kappa shape index (κ3) is 4.01. The molecule has 0 atom stereocenters.